The highest BCUT2D eigenvalue weighted by Crippen LogP contribution is 2.25. The number of carbonyl (C=O) groups excluding carboxylic acids is 2. The Hall–Kier alpha value is -1.79. The smallest absolute Gasteiger partial charge is 0.315 e. The van der Waals surface area contributed by atoms with Gasteiger partial charge in [0.05, 0.1) is 5.92 Å². The summed E-state index contributed by atoms with van der Waals surface area (Å²) in [6.07, 6.45) is 4.43. The van der Waals surface area contributed by atoms with Crippen LogP contribution in [-0.2, 0) is 9.59 Å². The molecule has 3 amide bonds. The lowest BCUT2D eigenvalue weighted by Crippen LogP contribution is -2.46. The van der Waals surface area contributed by atoms with Crippen molar-refractivity contribution in [2.24, 2.45) is 5.92 Å². The number of rotatable bonds is 6. The van der Waals surface area contributed by atoms with Crippen LogP contribution in [0.5, 0.6) is 0 Å². The third kappa shape index (κ3) is 4.40. The maximum atomic E-state index is 11.6. The van der Waals surface area contributed by atoms with Crippen molar-refractivity contribution in [2.45, 2.75) is 50.6 Å². The highest BCUT2D eigenvalue weighted by atomic mass is 16.4. The molecule has 7 heteroatoms. The monoisotopic (exact) mass is 283 g/mol. The van der Waals surface area contributed by atoms with E-state index in [1.165, 1.54) is 0 Å². The standard InChI is InChI=1S/C13H21N3O4/c17-11(15-8-4-5-8)6-7-14-13(20)16-10-3-1-2-9(10)12(18)19/h8-10H,1-7H2,(H,15,17)(H,18,19)(H2,14,16,20). The van der Waals surface area contributed by atoms with Crippen LogP contribution in [0.4, 0.5) is 4.79 Å². The van der Waals surface area contributed by atoms with Gasteiger partial charge in [-0.2, -0.15) is 0 Å². The Morgan fingerprint density at radius 3 is 2.45 bits per heavy atom. The lowest BCUT2D eigenvalue weighted by molar-refractivity contribution is -0.142. The predicted octanol–water partition coefficient (Wildman–Crippen LogP) is 0.208. The van der Waals surface area contributed by atoms with Gasteiger partial charge >= 0.3 is 12.0 Å². The number of hydrogen-bond acceptors (Lipinski definition) is 3. The molecule has 0 aromatic heterocycles. The van der Waals surface area contributed by atoms with E-state index in [1.807, 2.05) is 0 Å². The minimum Gasteiger partial charge on any atom is -0.481 e. The molecule has 2 saturated carbocycles. The van der Waals surface area contributed by atoms with Gasteiger partial charge in [-0.1, -0.05) is 6.42 Å². The Kier molecular flexibility index (Phi) is 4.81. The van der Waals surface area contributed by atoms with Gasteiger partial charge in [0.25, 0.3) is 0 Å². The molecule has 20 heavy (non-hydrogen) atoms. The van der Waals surface area contributed by atoms with E-state index in [0.717, 1.165) is 19.3 Å². The van der Waals surface area contributed by atoms with E-state index in [4.69, 9.17) is 5.11 Å². The molecule has 2 fully saturated rings. The molecule has 2 aliphatic rings. The summed E-state index contributed by atoms with van der Waals surface area (Å²) in [5, 5.41) is 17.1. The van der Waals surface area contributed by atoms with Crippen molar-refractivity contribution in [1.29, 1.82) is 0 Å². The first-order valence-electron chi connectivity index (χ1n) is 7.13. The van der Waals surface area contributed by atoms with Crippen LogP contribution in [0.2, 0.25) is 0 Å². The normalized spacial score (nSPS) is 25.0. The molecule has 2 unspecified atom stereocenters. The van der Waals surface area contributed by atoms with Gasteiger partial charge in [-0.3, -0.25) is 9.59 Å². The molecule has 112 valence electrons. The van der Waals surface area contributed by atoms with E-state index in [2.05, 4.69) is 16.0 Å². The molecule has 7 nitrogen and oxygen atoms in total. The summed E-state index contributed by atoms with van der Waals surface area (Å²) in [5.74, 6) is -1.42. The van der Waals surface area contributed by atoms with Crippen LogP contribution in [0.15, 0.2) is 0 Å². The van der Waals surface area contributed by atoms with Gasteiger partial charge in [-0.25, -0.2) is 4.79 Å². The largest absolute Gasteiger partial charge is 0.481 e. The number of aliphatic carboxylic acids is 1. The summed E-state index contributed by atoms with van der Waals surface area (Å²) in [4.78, 5) is 34.0. The Bertz CT molecular complexity index is 395. The summed E-state index contributed by atoms with van der Waals surface area (Å²) < 4.78 is 0. The van der Waals surface area contributed by atoms with Crippen LogP contribution in [-0.4, -0.2) is 41.6 Å². The molecular weight excluding hydrogens is 262 g/mol. The Labute approximate surface area is 117 Å². The Morgan fingerprint density at radius 1 is 1.05 bits per heavy atom. The molecule has 4 N–H and O–H groups in total. The van der Waals surface area contributed by atoms with E-state index >= 15 is 0 Å². The van der Waals surface area contributed by atoms with Crippen LogP contribution in [0.3, 0.4) is 0 Å². The molecule has 0 heterocycles. The lowest BCUT2D eigenvalue weighted by Gasteiger charge is -2.17. The van der Waals surface area contributed by atoms with Gasteiger partial charge in [-0.05, 0) is 25.7 Å². The molecule has 0 saturated heterocycles. The zero-order valence-corrected chi connectivity index (χ0v) is 11.4. The fourth-order valence-corrected chi connectivity index (χ4v) is 2.46. The summed E-state index contributed by atoms with van der Waals surface area (Å²) in [6.45, 7) is 0.259. The van der Waals surface area contributed by atoms with E-state index in [1.54, 1.807) is 0 Å². The van der Waals surface area contributed by atoms with Crippen LogP contribution in [0, 0.1) is 5.92 Å². The zero-order valence-electron chi connectivity index (χ0n) is 11.4. The average molecular weight is 283 g/mol. The maximum Gasteiger partial charge on any atom is 0.315 e. The molecule has 0 radical (unpaired) electrons. The molecule has 2 aliphatic carbocycles. The number of urea groups is 1. The molecule has 0 aromatic rings. The van der Waals surface area contributed by atoms with Gasteiger partial charge in [0.15, 0.2) is 0 Å². The molecule has 2 atom stereocenters. The van der Waals surface area contributed by atoms with Crippen LogP contribution >= 0.6 is 0 Å². The van der Waals surface area contributed by atoms with Crippen molar-refractivity contribution in [3.8, 4) is 0 Å². The fraction of sp³-hybridized carbons (Fsp3) is 0.769. The number of carboxylic acids is 1. The van der Waals surface area contributed by atoms with E-state index in [9.17, 15) is 14.4 Å². The lowest BCUT2D eigenvalue weighted by atomic mass is 10.0. The van der Waals surface area contributed by atoms with Gasteiger partial charge in [0, 0.05) is 25.0 Å². The number of carboxylic acid groups (broad SMARTS) is 1. The SMILES string of the molecule is O=C(CCNC(=O)NC1CCCC1C(=O)O)NC1CC1. The first-order chi connectivity index (χ1) is 9.56. The first kappa shape index (κ1) is 14.6. The van der Waals surface area contributed by atoms with Crippen molar-refractivity contribution < 1.29 is 19.5 Å². The highest BCUT2D eigenvalue weighted by Gasteiger charge is 2.33. The van der Waals surface area contributed by atoms with Crippen molar-refractivity contribution in [2.75, 3.05) is 6.54 Å². The Balaban J connectivity index is 1.62. The first-order valence-corrected chi connectivity index (χ1v) is 7.13. The summed E-state index contributed by atoms with van der Waals surface area (Å²) in [5.41, 5.74) is 0. The molecule has 0 spiro atoms. The molecule has 2 rings (SSSR count). The number of carbonyl (C=O) groups is 3. The molecule has 0 aliphatic heterocycles. The maximum absolute atomic E-state index is 11.6. The van der Waals surface area contributed by atoms with E-state index in [-0.39, 0.29) is 24.9 Å². The topological polar surface area (TPSA) is 108 Å². The quantitative estimate of drug-likeness (QED) is 0.559. The second kappa shape index (κ2) is 6.58. The predicted molar refractivity (Wildman–Crippen MR) is 71.1 cm³/mol. The Morgan fingerprint density at radius 2 is 1.80 bits per heavy atom. The average Bonchev–Trinajstić information content (AvgIpc) is 3.05. The van der Waals surface area contributed by atoms with Gasteiger partial charge in [0.1, 0.15) is 0 Å². The van der Waals surface area contributed by atoms with E-state index in [0.29, 0.717) is 18.9 Å². The van der Waals surface area contributed by atoms with Crippen molar-refractivity contribution in [3.05, 3.63) is 0 Å². The zero-order chi connectivity index (χ0) is 14.5. The molecule has 0 aromatic carbocycles. The van der Waals surface area contributed by atoms with E-state index < -0.39 is 17.9 Å². The van der Waals surface area contributed by atoms with Gasteiger partial charge in [-0.15, -0.1) is 0 Å². The van der Waals surface area contributed by atoms with Crippen LogP contribution in [0.1, 0.15) is 38.5 Å². The second-order valence-corrected chi connectivity index (χ2v) is 5.47. The third-order valence-electron chi connectivity index (χ3n) is 3.73. The molecule has 0 bridgehead atoms. The van der Waals surface area contributed by atoms with Gasteiger partial charge < -0.3 is 21.1 Å². The van der Waals surface area contributed by atoms with Crippen molar-refractivity contribution in [1.82, 2.24) is 16.0 Å². The fourth-order valence-electron chi connectivity index (χ4n) is 2.46. The van der Waals surface area contributed by atoms with Crippen LogP contribution in [0.25, 0.3) is 0 Å². The summed E-state index contributed by atoms with van der Waals surface area (Å²) in [6, 6.07) is -0.388. The van der Waals surface area contributed by atoms with Gasteiger partial charge in [0.2, 0.25) is 5.91 Å². The third-order valence-corrected chi connectivity index (χ3v) is 3.73. The number of hydrogen-bond donors (Lipinski definition) is 4. The van der Waals surface area contributed by atoms with Crippen LogP contribution < -0.4 is 16.0 Å². The molecular formula is C13H21N3O4. The van der Waals surface area contributed by atoms with Crippen molar-refractivity contribution >= 4 is 17.9 Å². The minimum atomic E-state index is -0.864. The number of amides is 3. The summed E-state index contributed by atoms with van der Waals surface area (Å²) >= 11 is 0. The summed E-state index contributed by atoms with van der Waals surface area (Å²) in [7, 11) is 0. The minimum absolute atomic E-state index is 0.0583. The number of nitrogens with one attached hydrogen (secondary N) is 3. The second-order valence-electron chi connectivity index (χ2n) is 5.47. The highest BCUT2D eigenvalue weighted by molar-refractivity contribution is 5.79. The van der Waals surface area contributed by atoms with Crippen molar-refractivity contribution in [3.63, 3.8) is 0 Å².